The molecule has 2 aliphatic rings. The first-order valence-corrected chi connectivity index (χ1v) is 15.7. The van der Waals surface area contributed by atoms with E-state index in [1.54, 1.807) is 0 Å². The number of hydrogen-bond acceptors (Lipinski definition) is 3. The van der Waals surface area contributed by atoms with Gasteiger partial charge in [0.05, 0.1) is 0 Å². The second kappa shape index (κ2) is 14.7. The summed E-state index contributed by atoms with van der Waals surface area (Å²) in [4.78, 5) is 20.6. The van der Waals surface area contributed by atoms with Gasteiger partial charge in [-0.15, -0.1) is 0 Å². The number of amides is 2. The van der Waals surface area contributed by atoms with Gasteiger partial charge < -0.3 is 15.1 Å². The molecule has 2 fully saturated rings. The summed E-state index contributed by atoms with van der Waals surface area (Å²) in [5, 5.41) is 3.18. The fraction of sp³-hybridized carbons (Fsp3) is 0.472. The minimum absolute atomic E-state index is 0.0818. The molecule has 218 valence electrons. The number of hydrogen-bond donors (Lipinski definition) is 1. The molecule has 1 saturated carbocycles. The van der Waals surface area contributed by atoms with Crippen molar-refractivity contribution < 1.29 is 4.79 Å². The Bertz CT molecular complexity index is 1180. The largest absolute Gasteiger partial charge is 0.334 e. The SMILES string of the molecule is CCCN(C(=O)NCc1ccccc1)C1CCN(C[C@H]2CC(N(C)Cc3ccccc3)C[C@@H]2c2ccccc2)CC1. The van der Waals surface area contributed by atoms with Gasteiger partial charge in [-0.25, -0.2) is 4.79 Å². The predicted octanol–water partition coefficient (Wildman–Crippen LogP) is 6.77. The molecule has 0 bridgehead atoms. The second-order valence-corrected chi connectivity index (χ2v) is 12.2. The van der Waals surface area contributed by atoms with Crippen LogP contribution in [0.25, 0.3) is 0 Å². The molecule has 5 rings (SSSR count). The van der Waals surface area contributed by atoms with Crippen LogP contribution >= 0.6 is 0 Å². The zero-order valence-corrected chi connectivity index (χ0v) is 25.0. The van der Waals surface area contributed by atoms with Crippen molar-refractivity contribution in [1.82, 2.24) is 20.0 Å². The lowest BCUT2D eigenvalue weighted by atomic mass is 9.88. The maximum absolute atomic E-state index is 13.2. The number of carbonyl (C=O) groups excluding carboxylic acids is 1. The molecule has 1 saturated heterocycles. The highest BCUT2D eigenvalue weighted by atomic mass is 16.2. The number of benzene rings is 3. The maximum Gasteiger partial charge on any atom is 0.317 e. The highest BCUT2D eigenvalue weighted by Gasteiger charge is 2.38. The second-order valence-electron chi connectivity index (χ2n) is 12.2. The van der Waals surface area contributed by atoms with Crippen LogP contribution in [0.4, 0.5) is 4.79 Å². The third-order valence-electron chi connectivity index (χ3n) is 9.30. The first kappa shape index (κ1) is 29.3. The quantitative estimate of drug-likeness (QED) is 0.285. The molecular weight excluding hydrogens is 504 g/mol. The van der Waals surface area contributed by atoms with Crippen molar-refractivity contribution in [3.05, 3.63) is 108 Å². The van der Waals surface area contributed by atoms with Gasteiger partial charge in [-0.1, -0.05) is 97.9 Å². The Morgan fingerprint density at radius 3 is 2.07 bits per heavy atom. The third-order valence-corrected chi connectivity index (χ3v) is 9.30. The van der Waals surface area contributed by atoms with E-state index in [-0.39, 0.29) is 6.03 Å². The lowest BCUT2D eigenvalue weighted by Crippen LogP contribution is -2.51. The smallest absolute Gasteiger partial charge is 0.317 e. The van der Waals surface area contributed by atoms with E-state index >= 15 is 0 Å². The Morgan fingerprint density at radius 1 is 0.829 bits per heavy atom. The molecule has 3 aromatic carbocycles. The van der Waals surface area contributed by atoms with Crippen molar-refractivity contribution >= 4 is 6.03 Å². The molecule has 5 nitrogen and oxygen atoms in total. The van der Waals surface area contributed by atoms with E-state index in [4.69, 9.17) is 0 Å². The number of rotatable bonds is 11. The van der Waals surface area contributed by atoms with Gasteiger partial charge in [0.2, 0.25) is 0 Å². The van der Waals surface area contributed by atoms with E-state index in [1.165, 1.54) is 24.0 Å². The van der Waals surface area contributed by atoms with Crippen molar-refractivity contribution in [2.45, 2.75) is 70.1 Å². The van der Waals surface area contributed by atoms with E-state index in [2.05, 4.69) is 107 Å². The lowest BCUT2D eigenvalue weighted by Gasteiger charge is -2.39. The van der Waals surface area contributed by atoms with Gasteiger partial charge >= 0.3 is 6.03 Å². The summed E-state index contributed by atoms with van der Waals surface area (Å²) in [6, 6.07) is 33.3. The van der Waals surface area contributed by atoms with Gasteiger partial charge in [0, 0.05) is 51.4 Å². The number of piperidine rings is 1. The van der Waals surface area contributed by atoms with Crippen molar-refractivity contribution in [3.63, 3.8) is 0 Å². The maximum atomic E-state index is 13.2. The normalized spacial score (nSPS) is 21.7. The zero-order chi connectivity index (χ0) is 28.4. The van der Waals surface area contributed by atoms with Crippen LogP contribution < -0.4 is 5.32 Å². The molecule has 1 N–H and O–H groups in total. The van der Waals surface area contributed by atoms with Crippen molar-refractivity contribution in [2.24, 2.45) is 5.92 Å². The zero-order valence-electron chi connectivity index (χ0n) is 25.0. The van der Waals surface area contributed by atoms with Crippen LogP contribution in [0.15, 0.2) is 91.0 Å². The van der Waals surface area contributed by atoms with Gasteiger partial charge in [0.1, 0.15) is 0 Å². The van der Waals surface area contributed by atoms with Crippen molar-refractivity contribution in [1.29, 1.82) is 0 Å². The average molecular weight is 553 g/mol. The van der Waals surface area contributed by atoms with E-state index < -0.39 is 0 Å². The first-order valence-electron chi connectivity index (χ1n) is 15.7. The number of carbonyl (C=O) groups is 1. The Labute approximate surface area is 247 Å². The van der Waals surface area contributed by atoms with Gasteiger partial charge in [-0.05, 0) is 67.7 Å². The first-order chi connectivity index (χ1) is 20.1. The summed E-state index contributed by atoms with van der Waals surface area (Å²) in [6.45, 7) is 7.86. The van der Waals surface area contributed by atoms with Gasteiger partial charge in [0.25, 0.3) is 0 Å². The van der Waals surface area contributed by atoms with Gasteiger partial charge in [-0.2, -0.15) is 0 Å². The fourth-order valence-corrected chi connectivity index (χ4v) is 7.08. The Kier molecular flexibility index (Phi) is 10.5. The average Bonchev–Trinajstić information content (AvgIpc) is 3.44. The fourth-order valence-electron chi connectivity index (χ4n) is 7.08. The Balaban J connectivity index is 1.17. The topological polar surface area (TPSA) is 38.8 Å². The summed E-state index contributed by atoms with van der Waals surface area (Å²) in [5.74, 6) is 1.25. The summed E-state index contributed by atoms with van der Waals surface area (Å²) < 4.78 is 0. The van der Waals surface area contributed by atoms with Crippen LogP contribution in [0.2, 0.25) is 0 Å². The Morgan fingerprint density at radius 2 is 1.44 bits per heavy atom. The highest BCUT2D eigenvalue weighted by molar-refractivity contribution is 5.74. The predicted molar refractivity (Wildman–Crippen MR) is 169 cm³/mol. The molecule has 3 atom stereocenters. The number of nitrogens with one attached hydrogen (secondary N) is 1. The monoisotopic (exact) mass is 552 g/mol. The summed E-state index contributed by atoms with van der Waals surface area (Å²) in [6.07, 6.45) is 5.56. The standard InChI is InChI=1S/C36H48N4O/c1-3-21-40(36(41)37-26-29-13-7-4-8-14-29)33-19-22-39(23-20-33)28-32-24-34(25-35(32)31-17-11-6-12-18-31)38(2)27-30-15-9-5-10-16-30/h4-18,32-35H,3,19-28H2,1-2H3,(H,37,41)/t32-,34?,35-/m1/s1. The van der Waals surface area contributed by atoms with E-state index in [0.717, 1.165) is 57.5 Å². The lowest BCUT2D eigenvalue weighted by molar-refractivity contribution is 0.108. The molecule has 5 heteroatoms. The molecule has 0 spiro atoms. The van der Waals surface area contributed by atoms with Crippen LogP contribution in [0.3, 0.4) is 0 Å². The minimum Gasteiger partial charge on any atom is -0.334 e. The van der Waals surface area contributed by atoms with Crippen LogP contribution in [0.5, 0.6) is 0 Å². The molecule has 3 aromatic rings. The molecule has 1 aliphatic heterocycles. The number of nitrogens with zero attached hydrogens (tertiary/aromatic N) is 3. The minimum atomic E-state index is 0.0818. The molecule has 41 heavy (non-hydrogen) atoms. The van der Waals surface area contributed by atoms with Gasteiger partial charge in [0.15, 0.2) is 0 Å². The molecule has 0 radical (unpaired) electrons. The van der Waals surface area contributed by atoms with E-state index in [0.29, 0.717) is 30.5 Å². The van der Waals surface area contributed by atoms with Gasteiger partial charge in [-0.3, -0.25) is 4.90 Å². The molecule has 2 amide bonds. The number of urea groups is 1. The summed E-state index contributed by atoms with van der Waals surface area (Å²) in [7, 11) is 2.30. The molecule has 1 aliphatic carbocycles. The van der Waals surface area contributed by atoms with Crippen molar-refractivity contribution in [3.8, 4) is 0 Å². The highest BCUT2D eigenvalue weighted by Crippen LogP contribution is 2.42. The van der Waals surface area contributed by atoms with E-state index in [9.17, 15) is 4.79 Å². The van der Waals surface area contributed by atoms with Crippen LogP contribution in [0.1, 0.15) is 61.6 Å². The van der Waals surface area contributed by atoms with Crippen LogP contribution in [-0.4, -0.2) is 66.0 Å². The van der Waals surface area contributed by atoms with Crippen molar-refractivity contribution in [2.75, 3.05) is 33.2 Å². The molecular formula is C36H48N4O. The summed E-state index contributed by atoms with van der Waals surface area (Å²) in [5.41, 5.74) is 4.03. The third kappa shape index (κ3) is 7.99. The van der Waals surface area contributed by atoms with Crippen LogP contribution in [-0.2, 0) is 13.1 Å². The molecule has 0 aromatic heterocycles. The molecule has 1 unspecified atom stereocenters. The molecule has 1 heterocycles. The van der Waals surface area contributed by atoms with Crippen LogP contribution in [0, 0.1) is 5.92 Å². The van der Waals surface area contributed by atoms with E-state index in [1.807, 2.05) is 18.2 Å². The summed E-state index contributed by atoms with van der Waals surface area (Å²) >= 11 is 0. The Hall–Kier alpha value is -3.15. The number of likely N-dealkylation sites (tertiary alicyclic amines) is 1.